The lowest BCUT2D eigenvalue weighted by molar-refractivity contribution is 0.333. The van der Waals surface area contributed by atoms with E-state index in [-0.39, 0.29) is 11.6 Å². The SMILES string of the molecule is COc1c(F)ccc(CC2CCCN2)c1OC. The quantitative estimate of drug-likeness (QED) is 0.873. The van der Waals surface area contributed by atoms with Gasteiger partial charge in [-0.3, -0.25) is 0 Å². The second kappa shape index (κ2) is 5.36. The van der Waals surface area contributed by atoms with E-state index in [1.54, 1.807) is 13.2 Å². The van der Waals surface area contributed by atoms with E-state index < -0.39 is 0 Å². The second-order valence-corrected chi connectivity index (χ2v) is 4.27. The molecule has 17 heavy (non-hydrogen) atoms. The van der Waals surface area contributed by atoms with Crippen molar-refractivity contribution in [2.75, 3.05) is 20.8 Å². The maximum absolute atomic E-state index is 13.5. The smallest absolute Gasteiger partial charge is 0.197 e. The van der Waals surface area contributed by atoms with Crippen molar-refractivity contribution in [3.63, 3.8) is 0 Å². The first-order chi connectivity index (χ1) is 8.26. The monoisotopic (exact) mass is 239 g/mol. The summed E-state index contributed by atoms with van der Waals surface area (Å²) < 4.78 is 23.8. The molecule has 1 heterocycles. The molecule has 2 rings (SSSR count). The van der Waals surface area contributed by atoms with Crippen molar-refractivity contribution in [1.82, 2.24) is 5.32 Å². The lowest BCUT2D eigenvalue weighted by Gasteiger charge is -2.16. The van der Waals surface area contributed by atoms with Crippen LogP contribution in [0.2, 0.25) is 0 Å². The van der Waals surface area contributed by atoms with E-state index in [0.29, 0.717) is 11.8 Å². The van der Waals surface area contributed by atoms with Gasteiger partial charge in [-0.1, -0.05) is 6.07 Å². The van der Waals surface area contributed by atoms with Gasteiger partial charge in [-0.25, -0.2) is 4.39 Å². The Morgan fingerprint density at radius 3 is 2.65 bits per heavy atom. The molecule has 1 atom stereocenters. The van der Waals surface area contributed by atoms with Crippen LogP contribution in [0.25, 0.3) is 0 Å². The van der Waals surface area contributed by atoms with Gasteiger partial charge in [-0.15, -0.1) is 0 Å². The maximum atomic E-state index is 13.5. The number of nitrogens with one attached hydrogen (secondary N) is 1. The minimum atomic E-state index is -0.382. The van der Waals surface area contributed by atoms with E-state index in [1.807, 2.05) is 0 Å². The van der Waals surface area contributed by atoms with E-state index in [0.717, 1.165) is 24.9 Å². The number of benzene rings is 1. The van der Waals surface area contributed by atoms with E-state index in [9.17, 15) is 4.39 Å². The Morgan fingerprint density at radius 2 is 2.06 bits per heavy atom. The number of halogens is 1. The number of methoxy groups -OCH3 is 2. The van der Waals surface area contributed by atoms with Gasteiger partial charge >= 0.3 is 0 Å². The number of hydrogen-bond acceptors (Lipinski definition) is 3. The van der Waals surface area contributed by atoms with Crippen LogP contribution < -0.4 is 14.8 Å². The van der Waals surface area contributed by atoms with E-state index in [1.165, 1.54) is 19.6 Å². The largest absolute Gasteiger partial charge is 0.492 e. The molecule has 0 amide bonds. The molecule has 0 bridgehead atoms. The fourth-order valence-corrected chi connectivity index (χ4v) is 2.35. The van der Waals surface area contributed by atoms with Crippen molar-refractivity contribution in [2.45, 2.75) is 25.3 Å². The summed E-state index contributed by atoms with van der Waals surface area (Å²) in [6, 6.07) is 3.67. The predicted octanol–water partition coefficient (Wildman–Crippen LogP) is 2.14. The standard InChI is InChI=1S/C13H18FNO2/c1-16-12-9(8-10-4-3-7-15-10)5-6-11(14)13(12)17-2/h5-6,10,15H,3-4,7-8H2,1-2H3. The molecule has 1 aromatic carbocycles. The highest BCUT2D eigenvalue weighted by atomic mass is 19.1. The fourth-order valence-electron chi connectivity index (χ4n) is 2.35. The molecule has 94 valence electrons. The van der Waals surface area contributed by atoms with Crippen LogP contribution in [0.5, 0.6) is 11.5 Å². The summed E-state index contributed by atoms with van der Waals surface area (Å²) in [5.41, 5.74) is 0.991. The minimum Gasteiger partial charge on any atom is -0.492 e. The molecule has 0 aromatic heterocycles. The van der Waals surface area contributed by atoms with Gasteiger partial charge in [0.05, 0.1) is 14.2 Å². The minimum absolute atomic E-state index is 0.197. The first-order valence-electron chi connectivity index (χ1n) is 5.89. The highest BCUT2D eigenvalue weighted by Gasteiger charge is 2.20. The lowest BCUT2D eigenvalue weighted by atomic mass is 10.0. The highest BCUT2D eigenvalue weighted by molar-refractivity contribution is 5.48. The number of ether oxygens (including phenoxy) is 2. The van der Waals surface area contributed by atoms with Crippen molar-refractivity contribution in [1.29, 1.82) is 0 Å². The summed E-state index contributed by atoms with van der Waals surface area (Å²) in [7, 11) is 3.00. The number of rotatable bonds is 4. The Hall–Kier alpha value is -1.29. The third-order valence-electron chi connectivity index (χ3n) is 3.18. The zero-order valence-corrected chi connectivity index (χ0v) is 10.3. The molecule has 0 aliphatic carbocycles. The van der Waals surface area contributed by atoms with Crippen molar-refractivity contribution in [3.8, 4) is 11.5 Å². The summed E-state index contributed by atoms with van der Waals surface area (Å²) in [6.07, 6.45) is 3.20. The van der Waals surface area contributed by atoms with E-state index in [4.69, 9.17) is 9.47 Å². The molecule has 1 fully saturated rings. The third kappa shape index (κ3) is 2.52. The molecular formula is C13H18FNO2. The van der Waals surface area contributed by atoms with Gasteiger partial charge in [0, 0.05) is 6.04 Å². The number of hydrogen-bond donors (Lipinski definition) is 1. The molecule has 3 nitrogen and oxygen atoms in total. The van der Waals surface area contributed by atoms with E-state index >= 15 is 0 Å². The molecule has 1 saturated heterocycles. The molecule has 1 N–H and O–H groups in total. The Morgan fingerprint density at radius 1 is 1.29 bits per heavy atom. The van der Waals surface area contributed by atoms with Gasteiger partial charge in [0.2, 0.25) is 0 Å². The maximum Gasteiger partial charge on any atom is 0.197 e. The van der Waals surface area contributed by atoms with Gasteiger partial charge in [0.15, 0.2) is 17.3 Å². The summed E-state index contributed by atoms with van der Waals surface area (Å²) >= 11 is 0. The van der Waals surface area contributed by atoms with Crippen molar-refractivity contribution in [3.05, 3.63) is 23.5 Å². The van der Waals surface area contributed by atoms with Gasteiger partial charge in [-0.2, -0.15) is 0 Å². The van der Waals surface area contributed by atoms with Gasteiger partial charge in [-0.05, 0) is 37.4 Å². The summed E-state index contributed by atoms with van der Waals surface area (Å²) in [6.45, 7) is 1.06. The average molecular weight is 239 g/mol. The van der Waals surface area contributed by atoms with Crippen LogP contribution in [0.4, 0.5) is 4.39 Å². The van der Waals surface area contributed by atoms with Crippen LogP contribution in [0.1, 0.15) is 18.4 Å². The average Bonchev–Trinajstić information content (AvgIpc) is 2.83. The van der Waals surface area contributed by atoms with E-state index in [2.05, 4.69) is 5.32 Å². The molecule has 1 aromatic rings. The fraction of sp³-hybridized carbons (Fsp3) is 0.538. The molecule has 4 heteroatoms. The highest BCUT2D eigenvalue weighted by Crippen LogP contribution is 2.34. The van der Waals surface area contributed by atoms with Crippen LogP contribution in [0.15, 0.2) is 12.1 Å². The van der Waals surface area contributed by atoms with Crippen LogP contribution >= 0.6 is 0 Å². The lowest BCUT2D eigenvalue weighted by Crippen LogP contribution is -2.23. The van der Waals surface area contributed by atoms with Crippen LogP contribution in [0.3, 0.4) is 0 Å². The zero-order chi connectivity index (χ0) is 12.3. The molecule has 0 radical (unpaired) electrons. The van der Waals surface area contributed by atoms with Gasteiger partial charge in [0.1, 0.15) is 0 Å². The molecule has 1 aliphatic rings. The van der Waals surface area contributed by atoms with Crippen molar-refractivity contribution in [2.24, 2.45) is 0 Å². The second-order valence-electron chi connectivity index (χ2n) is 4.27. The summed E-state index contributed by atoms with van der Waals surface area (Å²) in [4.78, 5) is 0. The van der Waals surface area contributed by atoms with Gasteiger partial charge in [0.25, 0.3) is 0 Å². The van der Waals surface area contributed by atoms with Crippen LogP contribution in [-0.2, 0) is 6.42 Å². The Balaban J connectivity index is 2.26. The third-order valence-corrected chi connectivity index (χ3v) is 3.18. The zero-order valence-electron chi connectivity index (χ0n) is 10.3. The predicted molar refractivity (Wildman–Crippen MR) is 64.2 cm³/mol. The molecule has 1 unspecified atom stereocenters. The molecule has 0 saturated carbocycles. The first-order valence-corrected chi connectivity index (χ1v) is 5.89. The van der Waals surface area contributed by atoms with Crippen LogP contribution in [-0.4, -0.2) is 26.8 Å². The van der Waals surface area contributed by atoms with Crippen molar-refractivity contribution < 1.29 is 13.9 Å². The van der Waals surface area contributed by atoms with Crippen molar-refractivity contribution >= 4 is 0 Å². The molecular weight excluding hydrogens is 221 g/mol. The Bertz CT molecular complexity index is 389. The Kier molecular flexibility index (Phi) is 3.84. The first kappa shape index (κ1) is 12.2. The normalized spacial score (nSPS) is 19.4. The summed E-state index contributed by atoms with van der Waals surface area (Å²) in [5, 5.41) is 3.42. The van der Waals surface area contributed by atoms with Gasteiger partial charge < -0.3 is 14.8 Å². The molecule has 0 spiro atoms. The van der Waals surface area contributed by atoms with Crippen LogP contribution in [0, 0.1) is 5.82 Å². The topological polar surface area (TPSA) is 30.5 Å². The summed E-state index contributed by atoms with van der Waals surface area (Å²) in [5.74, 6) is 0.330. The Labute approximate surface area is 101 Å². The molecule has 1 aliphatic heterocycles.